The van der Waals surface area contributed by atoms with E-state index in [0.717, 1.165) is 5.69 Å². The smallest absolute Gasteiger partial charge is 0.335 e. The molecule has 8 heteroatoms. The van der Waals surface area contributed by atoms with Gasteiger partial charge in [0.1, 0.15) is 5.75 Å². The summed E-state index contributed by atoms with van der Waals surface area (Å²) >= 11 is 11.9. The molecular weight excluding hydrogens is 391 g/mol. The van der Waals surface area contributed by atoms with Crippen molar-refractivity contribution >= 4 is 40.8 Å². The second-order valence-electron chi connectivity index (χ2n) is 6.09. The Morgan fingerprint density at radius 1 is 1.04 bits per heavy atom. The minimum absolute atomic E-state index is 0.101. The summed E-state index contributed by atoms with van der Waals surface area (Å²) in [5.74, 6) is -0.665. The summed E-state index contributed by atoms with van der Waals surface area (Å²) in [5, 5.41) is 9.97. The van der Waals surface area contributed by atoms with Crippen molar-refractivity contribution in [3.05, 3.63) is 58.1 Å². The van der Waals surface area contributed by atoms with Gasteiger partial charge in [0.2, 0.25) is 0 Å². The number of hydrogen-bond donors (Lipinski definition) is 1. The van der Waals surface area contributed by atoms with E-state index in [1.165, 1.54) is 0 Å². The van der Waals surface area contributed by atoms with Crippen LogP contribution < -0.4 is 9.64 Å². The third-order valence-corrected chi connectivity index (χ3v) is 4.87. The second-order valence-corrected chi connectivity index (χ2v) is 6.93. The summed E-state index contributed by atoms with van der Waals surface area (Å²) in [7, 11) is 0. The summed E-state index contributed by atoms with van der Waals surface area (Å²) in [5.41, 5.74) is 1.09. The van der Waals surface area contributed by atoms with Crippen LogP contribution >= 0.6 is 23.2 Å². The van der Waals surface area contributed by atoms with Gasteiger partial charge in [-0.25, -0.2) is 4.79 Å². The van der Waals surface area contributed by atoms with Gasteiger partial charge in [-0.05, 0) is 36.4 Å². The average Bonchev–Trinajstić information content (AvgIpc) is 2.67. The minimum atomic E-state index is -0.955. The van der Waals surface area contributed by atoms with Gasteiger partial charge in [-0.15, -0.1) is 0 Å². The molecule has 0 aromatic heterocycles. The number of carbonyl (C=O) groups is 2. The van der Waals surface area contributed by atoms with Gasteiger partial charge in [0, 0.05) is 36.9 Å². The molecule has 0 aliphatic carbocycles. The number of amides is 1. The molecule has 1 saturated heterocycles. The minimum Gasteiger partial charge on any atom is -0.482 e. The van der Waals surface area contributed by atoms with E-state index in [-0.39, 0.29) is 18.1 Å². The third-order valence-electron chi connectivity index (χ3n) is 4.34. The molecule has 27 heavy (non-hydrogen) atoms. The molecule has 1 fully saturated rings. The fourth-order valence-corrected chi connectivity index (χ4v) is 3.34. The number of rotatable bonds is 5. The van der Waals surface area contributed by atoms with Crippen LogP contribution in [0.3, 0.4) is 0 Å². The Bertz CT molecular complexity index is 851. The molecule has 1 aliphatic heterocycles. The van der Waals surface area contributed by atoms with Crippen molar-refractivity contribution in [3.63, 3.8) is 0 Å². The predicted molar refractivity (Wildman–Crippen MR) is 104 cm³/mol. The molecule has 1 aliphatic rings. The molecule has 2 aromatic rings. The van der Waals surface area contributed by atoms with Crippen LogP contribution in [0.2, 0.25) is 10.0 Å². The number of piperazine rings is 1. The number of carboxylic acids is 1. The first-order valence-corrected chi connectivity index (χ1v) is 9.13. The van der Waals surface area contributed by atoms with Crippen LogP contribution in [-0.4, -0.2) is 54.7 Å². The van der Waals surface area contributed by atoms with E-state index < -0.39 is 5.97 Å². The molecule has 1 heterocycles. The highest BCUT2D eigenvalue weighted by molar-refractivity contribution is 6.35. The zero-order chi connectivity index (χ0) is 19.4. The zero-order valence-electron chi connectivity index (χ0n) is 14.4. The third kappa shape index (κ3) is 4.84. The van der Waals surface area contributed by atoms with Crippen LogP contribution in [0.4, 0.5) is 5.69 Å². The van der Waals surface area contributed by atoms with Gasteiger partial charge in [-0.2, -0.15) is 0 Å². The van der Waals surface area contributed by atoms with Gasteiger partial charge in [-0.3, -0.25) is 4.79 Å². The zero-order valence-corrected chi connectivity index (χ0v) is 15.9. The number of aromatic carboxylic acids is 1. The Morgan fingerprint density at radius 3 is 2.44 bits per heavy atom. The van der Waals surface area contributed by atoms with Crippen LogP contribution in [0, 0.1) is 0 Å². The largest absolute Gasteiger partial charge is 0.482 e. The van der Waals surface area contributed by atoms with Crippen molar-refractivity contribution < 1.29 is 19.4 Å². The van der Waals surface area contributed by atoms with Crippen molar-refractivity contribution in [1.82, 2.24) is 4.90 Å². The van der Waals surface area contributed by atoms with Gasteiger partial charge in [0.25, 0.3) is 5.91 Å². The lowest BCUT2D eigenvalue weighted by molar-refractivity contribution is -0.133. The van der Waals surface area contributed by atoms with E-state index >= 15 is 0 Å². The fourth-order valence-electron chi connectivity index (χ4n) is 2.87. The molecule has 0 saturated carbocycles. The lowest BCUT2D eigenvalue weighted by Gasteiger charge is -2.36. The van der Waals surface area contributed by atoms with Crippen molar-refractivity contribution in [3.8, 4) is 5.75 Å². The van der Waals surface area contributed by atoms with Gasteiger partial charge in [0.05, 0.1) is 10.6 Å². The normalized spacial score (nSPS) is 14.1. The first-order chi connectivity index (χ1) is 12.9. The molecule has 6 nitrogen and oxygen atoms in total. The SMILES string of the molecule is O=C(O)c1cccc(N2CCN(C(=O)COc3ccc(Cl)cc3Cl)CC2)c1. The lowest BCUT2D eigenvalue weighted by atomic mass is 10.1. The molecule has 1 amide bonds. The highest BCUT2D eigenvalue weighted by Gasteiger charge is 2.22. The van der Waals surface area contributed by atoms with E-state index in [1.807, 2.05) is 6.07 Å². The van der Waals surface area contributed by atoms with Gasteiger partial charge < -0.3 is 19.6 Å². The van der Waals surface area contributed by atoms with E-state index in [0.29, 0.717) is 42.0 Å². The Hall–Kier alpha value is -2.44. The predicted octanol–water partition coefficient (Wildman–Crippen LogP) is 3.42. The van der Waals surface area contributed by atoms with E-state index in [9.17, 15) is 9.59 Å². The Balaban J connectivity index is 1.53. The molecule has 1 N–H and O–H groups in total. The summed E-state index contributed by atoms with van der Waals surface area (Å²) in [6.07, 6.45) is 0. The molecule has 0 bridgehead atoms. The average molecular weight is 409 g/mol. The molecule has 0 spiro atoms. The van der Waals surface area contributed by atoms with Crippen molar-refractivity contribution in [1.29, 1.82) is 0 Å². The highest BCUT2D eigenvalue weighted by atomic mass is 35.5. The van der Waals surface area contributed by atoms with Crippen LogP contribution in [0.5, 0.6) is 5.75 Å². The number of hydrogen-bond acceptors (Lipinski definition) is 4. The molecule has 0 unspecified atom stereocenters. The summed E-state index contributed by atoms with van der Waals surface area (Å²) in [4.78, 5) is 27.3. The van der Waals surface area contributed by atoms with E-state index in [2.05, 4.69) is 4.90 Å². The number of benzene rings is 2. The van der Waals surface area contributed by atoms with Crippen molar-refractivity contribution in [2.75, 3.05) is 37.7 Å². The summed E-state index contributed by atoms with van der Waals surface area (Å²) < 4.78 is 5.50. The molecular formula is C19H18Cl2N2O4. The maximum Gasteiger partial charge on any atom is 0.335 e. The maximum atomic E-state index is 12.4. The Morgan fingerprint density at radius 2 is 1.78 bits per heavy atom. The highest BCUT2D eigenvalue weighted by Crippen LogP contribution is 2.27. The van der Waals surface area contributed by atoms with Crippen LogP contribution in [0.15, 0.2) is 42.5 Å². The standard InChI is InChI=1S/C19H18Cl2N2O4/c20-14-4-5-17(16(21)11-14)27-12-18(24)23-8-6-22(7-9-23)15-3-1-2-13(10-15)19(25)26/h1-5,10-11H,6-9,12H2,(H,25,26). The molecule has 142 valence electrons. The number of carboxylic acid groups (broad SMARTS) is 1. The first-order valence-electron chi connectivity index (χ1n) is 8.38. The van der Waals surface area contributed by atoms with Gasteiger partial charge in [-0.1, -0.05) is 29.3 Å². The van der Waals surface area contributed by atoms with Crippen LogP contribution in [0.25, 0.3) is 0 Å². The lowest BCUT2D eigenvalue weighted by Crippen LogP contribution is -2.50. The topological polar surface area (TPSA) is 70.1 Å². The van der Waals surface area contributed by atoms with Crippen molar-refractivity contribution in [2.24, 2.45) is 0 Å². The second kappa shape index (κ2) is 8.50. The summed E-state index contributed by atoms with van der Waals surface area (Å²) in [6, 6.07) is 11.6. The van der Waals surface area contributed by atoms with Gasteiger partial charge in [0.15, 0.2) is 6.61 Å². The molecule has 2 aromatic carbocycles. The van der Waals surface area contributed by atoms with Crippen molar-refractivity contribution in [2.45, 2.75) is 0 Å². The molecule has 0 atom stereocenters. The number of anilines is 1. The first kappa shape index (κ1) is 19.3. The van der Waals surface area contributed by atoms with E-state index in [1.54, 1.807) is 41.3 Å². The monoisotopic (exact) mass is 408 g/mol. The fraction of sp³-hybridized carbons (Fsp3) is 0.263. The number of nitrogens with zero attached hydrogens (tertiary/aromatic N) is 2. The Labute approximate surface area is 166 Å². The number of ether oxygens (including phenoxy) is 1. The van der Waals surface area contributed by atoms with Crippen LogP contribution in [-0.2, 0) is 4.79 Å². The quantitative estimate of drug-likeness (QED) is 0.820. The number of halogens is 2. The summed E-state index contributed by atoms with van der Waals surface area (Å²) in [6.45, 7) is 2.21. The maximum absolute atomic E-state index is 12.4. The van der Waals surface area contributed by atoms with Gasteiger partial charge >= 0.3 is 5.97 Å². The number of carbonyl (C=O) groups excluding carboxylic acids is 1. The molecule has 3 rings (SSSR count). The molecule has 0 radical (unpaired) electrons. The Kier molecular flexibility index (Phi) is 6.08. The van der Waals surface area contributed by atoms with Crippen LogP contribution in [0.1, 0.15) is 10.4 Å². The van der Waals surface area contributed by atoms with E-state index in [4.69, 9.17) is 33.0 Å².